The van der Waals surface area contributed by atoms with Gasteiger partial charge in [-0.15, -0.1) is 0 Å². The maximum absolute atomic E-state index is 12.3. The molecule has 2 atom stereocenters. The molecule has 0 radical (unpaired) electrons. The average molecular weight is 288 g/mol. The van der Waals surface area contributed by atoms with Gasteiger partial charge in [0, 0.05) is 24.7 Å². The van der Waals surface area contributed by atoms with Gasteiger partial charge in [0.2, 0.25) is 0 Å². The van der Waals surface area contributed by atoms with Crippen LogP contribution in [0.5, 0.6) is 0 Å². The lowest BCUT2D eigenvalue weighted by Crippen LogP contribution is -2.50. The van der Waals surface area contributed by atoms with Gasteiger partial charge in [-0.3, -0.25) is 9.69 Å². The summed E-state index contributed by atoms with van der Waals surface area (Å²) >= 11 is 0. The lowest BCUT2D eigenvalue weighted by molar-refractivity contribution is -0.0461. The number of benzene rings is 1. The summed E-state index contributed by atoms with van der Waals surface area (Å²) in [5.74, 6) is 0.00310. The summed E-state index contributed by atoms with van der Waals surface area (Å²) in [5.41, 5.74) is 2.97. The molecule has 2 unspecified atom stereocenters. The molecule has 0 saturated carbocycles. The van der Waals surface area contributed by atoms with Crippen LogP contribution in [0.3, 0.4) is 0 Å². The molecular formula is C17H24N2O2. The number of nitrogens with zero attached hydrogens (tertiary/aromatic N) is 1. The molecule has 1 amide bonds. The van der Waals surface area contributed by atoms with E-state index >= 15 is 0 Å². The number of hydrogen-bond acceptors (Lipinski definition) is 3. The van der Waals surface area contributed by atoms with Crippen molar-refractivity contribution < 1.29 is 9.53 Å². The van der Waals surface area contributed by atoms with Gasteiger partial charge in [0.05, 0.1) is 12.7 Å². The number of carbonyl (C=O) groups excluding carboxylic acids is 1. The van der Waals surface area contributed by atoms with Gasteiger partial charge in [-0.25, -0.2) is 0 Å². The number of aryl methyl sites for hydroxylation is 1. The van der Waals surface area contributed by atoms with Crippen molar-refractivity contribution in [3.63, 3.8) is 0 Å². The van der Waals surface area contributed by atoms with Gasteiger partial charge in [-0.1, -0.05) is 12.1 Å². The van der Waals surface area contributed by atoms with Gasteiger partial charge in [0.15, 0.2) is 0 Å². The predicted molar refractivity (Wildman–Crippen MR) is 82.6 cm³/mol. The second-order valence-electron chi connectivity index (χ2n) is 6.20. The van der Waals surface area contributed by atoms with Crippen LogP contribution in [0.25, 0.3) is 0 Å². The zero-order chi connectivity index (χ0) is 14.8. The van der Waals surface area contributed by atoms with Crippen molar-refractivity contribution in [1.29, 1.82) is 0 Å². The summed E-state index contributed by atoms with van der Waals surface area (Å²) in [6.07, 6.45) is 2.64. The SMILES string of the molecule is Cc1cccc(C(=O)NCC2CN3CCCC3CO2)c1C. The molecule has 2 fully saturated rings. The first-order valence-electron chi connectivity index (χ1n) is 7.85. The molecule has 2 heterocycles. The fraction of sp³-hybridized carbons (Fsp3) is 0.588. The zero-order valence-corrected chi connectivity index (χ0v) is 12.9. The van der Waals surface area contributed by atoms with Gasteiger partial charge in [-0.05, 0) is 50.4 Å². The Labute approximate surface area is 126 Å². The van der Waals surface area contributed by atoms with Gasteiger partial charge in [-0.2, -0.15) is 0 Å². The van der Waals surface area contributed by atoms with E-state index in [9.17, 15) is 4.79 Å². The molecule has 1 aromatic rings. The van der Waals surface area contributed by atoms with Crippen molar-refractivity contribution >= 4 is 5.91 Å². The highest BCUT2D eigenvalue weighted by atomic mass is 16.5. The smallest absolute Gasteiger partial charge is 0.251 e. The Morgan fingerprint density at radius 2 is 2.29 bits per heavy atom. The fourth-order valence-electron chi connectivity index (χ4n) is 3.31. The number of nitrogens with one attached hydrogen (secondary N) is 1. The standard InChI is InChI=1S/C17H24N2O2/c1-12-5-3-7-16(13(12)2)17(20)18-9-15-10-19-8-4-6-14(19)11-21-15/h3,5,7,14-15H,4,6,8-11H2,1-2H3,(H,18,20). The zero-order valence-electron chi connectivity index (χ0n) is 12.9. The fourth-order valence-corrected chi connectivity index (χ4v) is 3.31. The summed E-state index contributed by atoms with van der Waals surface area (Å²) in [6.45, 7) is 7.55. The van der Waals surface area contributed by atoms with Crippen molar-refractivity contribution in [1.82, 2.24) is 10.2 Å². The quantitative estimate of drug-likeness (QED) is 0.923. The third-order valence-corrected chi connectivity index (χ3v) is 4.80. The Morgan fingerprint density at radius 3 is 3.14 bits per heavy atom. The highest BCUT2D eigenvalue weighted by Crippen LogP contribution is 2.22. The molecule has 0 aliphatic carbocycles. The number of ether oxygens (including phenoxy) is 1. The van der Waals surface area contributed by atoms with Crippen LogP contribution in [0.2, 0.25) is 0 Å². The topological polar surface area (TPSA) is 41.6 Å². The number of morpholine rings is 1. The van der Waals surface area contributed by atoms with E-state index in [1.54, 1.807) is 0 Å². The monoisotopic (exact) mass is 288 g/mol. The minimum atomic E-state index is 0.00310. The maximum atomic E-state index is 12.3. The van der Waals surface area contributed by atoms with Crippen molar-refractivity contribution in [3.8, 4) is 0 Å². The van der Waals surface area contributed by atoms with Crippen LogP contribution in [-0.4, -0.2) is 49.2 Å². The van der Waals surface area contributed by atoms with Gasteiger partial charge in [0.1, 0.15) is 0 Å². The number of amides is 1. The Hall–Kier alpha value is -1.39. The number of rotatable bonds is 3. The van der Waals surface area contributed by atoms with Gasteiger partial charge >= 0.3 is 0 Å². The van der Waals surface area contributed by atoms with Crippen molar-refractivity contribution in [2.24, 2.45) is 0 Å². The highest BCUT2D eigenvalue weighted by Gasteiger charge is 2.32. The summed E-state index contributed by atoms with van der Waals surface area (Å²) in [6, 6.07) is 6.46. The summed E-state index contributed by atoms with van der Waals surface area (Å²) in [5, 5.41) is 3.03. The Balaban J connectivity index is 1.55. The third-order valence-electron chi connectivity index (χ3n) is 4.80. The van der Waals surface area contributed by atoms with Crippen molar-refractivity contribution in [2.75, 3.05) is 26.2 Å². The number of carbonyl (C=O) groups is 1. The first kappa shape index (κ1) is 14.5. The van der Waals surface area contributed by atoms with E-state index in [1.807, 2.05) is 32.0 Å². The van der Waals surface area contributed by atoms with E-state index in [0.29, 0.717) is 12.6 Å². The van der Waals surface area contributed by atoms with Crippen molar-refractivity contribution in [2.45, 2.75) is 38.8 Å². The van der Waals surface area contributed by atoms with Crippen LogP contribution in [0.1, 0.15) is 34.3 Å². The first-order chi connectivity index (χ1) is 10.1. The van der Waals surface area contributed by atoms with Crippen LogP contribution in [0.4, 0.5) is 0 Å². The Kier molecular flexibility index (Phi) is 4.27. The molecule has 4 nitrogen and oxygen atoms in total. The second-order valence-corrected chi connectivity index (χ2v) is 6.20. The molecule has 2 aliphatic rings. The van der Waals surface area contributed by atoms with E-state index in [-0.39, 0.29) is 12.0 Å². The lowest BCUT2D eigenvalue weighted by atomic mass is 10.0. The molecule has 114 valence electrons. The molecule has 2 aliphatic heterocycles. The minimum absolute atomic E-state index is 0.00310. The summed E-state index contributed by atoms with van der Waals surface area (Å²) in [7, 11) is 0. The van der Waals surface area contributed by atoms with Gasteiger partial charge < -0.3 is 10.1 Å². The normalized spacial score (nSPS) is 25.6. The van der Waals surface area contributed by atoms with Crippen LogP contribution in [0.15, 0.2) is 18.2 Å². The largest absolute Gasteiger partial charge is 0.373 e. The molecule has 21 heavy (non-hydrogen) atoms. The minimum Gasteiger partial charge on any atom is -0.373 e. The second kappa shape index (κ2) is 6.16. The molecule has 0 aromatic heterocycles. The van der Waals surface area contributed by atoms with Crippen LogP contribution in [0, 0.1) is 13.8 Å². The number of hydrogen-bond donors (Lipinski definition) is 1. The van der Waals surface area contributed by atoms with Crippen LogP contribution >= 0.6 is 0 Å². The molecule has 1 N–H and O–H groups in total. The van der Waals surface area contributed by atoms with Gasteiger partial charge in [0.25, 0.3) is 5.91 Å². The number of fused-ring (bicyclic) bond motifs is 1. The molecule has 3 rings (SSSR count). The van der Waals surface area contributed by atoms with E-state index in [4.69, 9.17) is 4.74 Å². The van der Waals surface area contributed by atoms with E-state index in [0.717, 1.165) is 29.8 Å². The van der Waals surface area contributed by atoms with Crippen LogP contribution in [-0.2, 0) is 4.74 Å². The molecule has 1 aromatic carbocycles. The first-order valence-corrected chi connectivity index (χ1v) is 7.85. The molecule has 0 spiro atoms. The molecule has 4 heteroatoms. The van der Waals surface area contributed by atoms with E-state index in [1.165, 1.54) is 19.4 Å². The maximum Gasteiger partial charge on any atom is 0.251 e. The molecule has 0 bridgehead atoms. The highest BCUT2D eigenvalue weighted by molar-refractivity contribution is 5.95. The Bertz CT molecular complexity index is 530. The molecule has 2 saturated heterocycles. The van der Waals surface area contributed by atoms with E-state index < -0.39 is 0 Å². The summed E-state index contributed by atoms with van der Waals surface area (Å²) in [4.78, 5) is 14.8. The third kappa shape index (κ3) is 3.11. The van der Waals surface area contributed by atoms with Crippen molar-refractivity contribution in [3.05, 3.63) is 34.9 Å². The average Bonchev–Trinajstić information content (AvgIpc) is 2.95. The Morgan fingerprint density at radius 1 is 1.43 bits per heavy atom. The molecular weight excluding hydrogens is 264 g/mol. The summed E-state index contributed by atoms with van der Waals surface area (Å²) < 4.78 is 5.88. The lowest BCUT2D eigenvalue weighted by Gasteiger charge is -2.35. The van der Waals surface area contributed by atoms with Crippen LogP contribution < -0.4 is 5.32 Å². The predicted octanol–water partition coefficient (Wildman–Crippen LogP) is 1.90. The van der Waals surface area contributed by atoms with E-state index in [2.05, 4.69) is 10.2 Å².